The molecule has 0 aromatic carbocycles. The third kappa shape index (κ3) is 16.4. The molecule has 12 heavy (non-hydrogen) atoms. The molecule has 0 aliphatic rings. The minimum atomic E-state index is -1.05. The molecule has 0 fully saturated rings. The lowest BCUT2D eigenvalue weighted by atomic mass is 10.3. The largest absolute Gasteiger partial charge is 0.382 e. The molecule has 1 unspecified atom stereocenters. The number of alkyl halides is 1. The van der Waals surface area contributed by atoms with Crippen molar-refractivity contribution in [3.05, 3.63) is 0 Å². The lowest BCUT2D eigenvalue weighted by Gasteiger charge is -2.00. The van der Waals surface area contributed by atoms with E-state index in [1.165, 1.54) is 7.11 Å². The van der Waals surface area contributed by atoms with E-state index in [1.807, 2.05) is 20.8 Å². The fourth-order valence-corrected chi connectivity index (χ4v) is 0.549. The molecule has 0 N–H and O–H groups in total. The molecule has 3 heteroatoms. The number of hydrogen-bond acceptors (Lipinski definition) is 2. The first-order valence-electron chi connectivity index (χ1n) is 4.47. The zero-order chi connectivity index (χ0) is 9.82. The Balaban J connectivity index is 0. The predicted octanol–water partition coefficient (Wildman–Crippen LogP) is 2.77. The zero-order valence-electron chi connectivity index (χ0n) is 8.60. The van der Waals surface area contributed by atoms with Gasteiger partial charge in [-0.1, -0.05) is 13.3 Å². The Bertz CT molecular complexity index is 67.5. The molecule has 0 aliphatic heterocycles. The molecule has 0 amide bonds. The van der Waals surface area contributed by atoms with Crippen molar-refractivity contribution in [2.75, 3.05) is 20.3 Å². The van der Waals surface area contributed by atoms with Gasteiger partial charge in [-0.05, 0) is 13.8 Å². The number of methoxy groups -OCH3 is 1. The molecule has 0 saturated carbocycles. The second-order valence-corrected chi connectivity index (χ2v) is 2.22. The van der Waals surface area contributed by atoms with E-state index in [-0.39, 0.29) is 0 Å². The van der Waals surface area contributed by atoms with Gasteiger partial charge in [-0.15, -0.1) is 0 Å². The first-order valence-corrected chi connectivity index (χ1v) is 4.47. The van der Waals surface area contributed by atoms with Crippen LogP contribution in [0.15, 0.2) is 0 Å². The molecule has 1 atom stereocenters. The average Bonchev–Trinajstić information content (AvgIpc) is 2.07. The highest BCUT2D eigenvalue weighted by molar-refractivity contribution is 4.35. The van der Waals surface area contributed by atoms with E-state index in [9.17, 15) is 4.39 Å². The topological polar surface area (TPSA) is 18.5 Å². The Hall–Kier alpha value is -0.150. The van der Waals surface area contributed by atoms with Crippen LogP contribution in [0.25, 0.3) is 0 Å². The number of hydrogen-bond donors (Lipinski definition) is 0. The second kappa shape index (κ2) is 13.4. The third-order valence-electron chi connectivity index (χ3n) is 1.18. The van der Waals surface area contributed by atoms with E-state index in [0.29, 0.717) is 6.42 Å². The summed E-state index contributed by atoms with van der Waals surface area (Å²) < 4.78 is 21.1. The first kappa shape index (κ1) is 14.4. The summed E-state index contributed by atoms with van der Waals surface area (Å²) in [7, 11) is 1.38. The van der Waals surface area contributed by atoms with Crippen molar-refractivity contribution in [3.8, 4) is 0 Å². The highest BCUT2D eigenvalue weighted by atomic mass is 19.1. The smallest absolute Gasteiger partial charge is 0.198 e. The van der Waals surface area contributed by atoms with E-state index in [1.54, 1.807) is 0 Å². The molecule has 0 spiro atoms. The van der Waals surface area contributed by atoms with Crippen molar-refractivity contribution in [3.63, 3.8) is 0 Å². The van der Waals surface area contributed by atoms with Crippen LogP contribution in [-0.4, -0.2) is 26.7 Å². The van der Waals surface area contributed by atoms with Crippen molar-refractivity contribution in [2.45, 2.75) is 40.0 Å². The van der Waals surface area contributed by atoms with Crippen LogP contribution in [0.5, 0.6) is 0 Å². The van der Waals surface area contributed by atoms with Crippen molar-refractivity contribution >= 4 is 0 Å². The van der Waals surface area contributed by atoms with Gasteiger partial charge >= 0.3 is 0 Å². The lowest BCUT2D eigenvalue weighted by molar-refractivity contribution is -0.0109. The molecular formula is C9H21FO2. The standard InChI is InChI=1S/C5H11FO.C4H10O/c1-3-4-5(6)7-2;1-3-5-4-2/h5H,3-4H2,1-2H3;3-4H2,1-2H3. The molecule has 0 aromatic heterocycles. The fourth-order valence-electron chi connectivity index (χ4n) is 0.549. The summed E-state index contributed by atoms with van der Waals surface area (Å²) >= 11 is 0. The number of rotatable bonds is 5. The quantitative estimate of drug-likeness (QED) is 0.647. The highest BCUT2D eigenvalue weighted by Gasteiger charge is 1.97. The van der Waals surface area contributed by atoms with Crippen LogP contribution in [-0.2, 0) is 9.47 Å². The van der Waals surface area contributed by atoms with Gasteiger partial charge in [0.25, 0.3) is 0 Å². The second-order valence-electron chi connectivity index (χ2n) is 2.22. The summed E-state index contributed by atoms with van der Waals surface area (Å²) in [6.45, 7) is 7.59. The van der Waals surface area contributed by atoms with E-state index in [4.69, 9.17) is 4.74 Å². The minimum absolute atomic E-state index is 0.510. The summed E-state index contributed by atoms with van der Waals surface area (Å²) in [5.74, 6) is 0. The number of halogens is 1. The van der Waals surface area contributed by atoms with E-state index in [0.717, 1.165) is 19.6 Å². The molecule has 0 aromatic rings. The van der Waals surface area contributed by atoms with Crippen LogP contribution in [0.3, 0.4) is 0 Å². The molecule has 0 saturated heterocycles. The fraction of sp³-hybridized carbons (Fsp3) is 1.00. The SMILES string of the molecule is CCCC(F)OC.CCOCC. The van der Waals surface area contributed by atoms with Gasteiger partial charge in [0.15, 0.2) is 6.36 Å². The molecule has 76 valence electrons. The van der Waals surface area contributed by atoms with Gasteiger partial charge in [0, 0.05) is 26.7 Å². The van der Waals surface area contributed by atoms with Crippen molar-refractivity contribution in [2.24, 2.45) is 0 Å². The van der Waals surface area contributed by atoms with Crippen molar-refractivity contribution < 1.29 is 13.9 Å². The van der Waals surface area contributed by atoms with Crippen molar-refractivity contribution in [1.82, 2.24) is 0 Å². The third-order valence-corrected chi connectivity index (χ3v) is 1.18. The van der Waals surface area contributed by atoms with Gasteiger partial charge < -0.3 is 9.47 Å². The molecule has 2 nitrogen and oxygen atoms in total. The monoisotopic (exact) mass is 180 g/mol. The zero-order valence-corrected chi connectivity index (χ0v) is 8.60. The summed E-state index contributed by atoms with van der Waals surface area (Å²) in [6.07, 6.45) is 0.302. The Labute approximate surface area is 75.1 Å². The maximum atomic E-state index is 11.9. The van der Waals surface area contributed by atoms with Gasteiger partial charge in [0.2, 0.25) is 0 Å². The Morgan fingerprint density at radius 1 is 1.17 bits per heavy atom. The maximum absolute atomic E-state index is 11.9. The first-order chi connectivity index (χ1) is 5.72. The van der Waals surface area contributed by atoms with E-state index < -0.39 is 6.36 Å². The Morgan fingerprint density at radius 2 is 1.67 bits per heavy atom. The Morgan fingerprint density at radius 3 is 1.75 bits per heavy atom. The molecule has 0 heterocycles. The van der Waals surface area contributed by atoms with Crippen LogP contribution in [0, 0.1) is 0 Å². The minimum Gasteiger partial charge on any atom is -0.382 e. The van der Waals surface area contributed by atoms with Crippen LogP contribution in [0.2, 0.25) is 0 Å². The summed E-state index contributed by atoms with van der Waals surface area (Å²) in [6, 6.07) is 0. The summed E-state index contributed by atoms with van der Waals surface area (Å²) in [5.41, 5.74) is 0. The van der Waals surface area contributed by atoms with Crippen molar-refractivity contribution in [1.29, 1.82) is 0 Å². The lowest BCUT2D eigenvalue weighted by Crippen LogP contribution is -2.00. The molecule has 0 bridgehead atoms. The normalized spacial score (nSPS) is 11.8. The molecule has 0 rings (SSSR count). The van der Waals surface area contributed by atoms with Crippen LogP contribution < -0.4 is 0 Å². The maximum Gasteiger partial charge on any atom is 0.198 e. The average molecular weight is 180 g/mol. The highest BCUT2D eigenvalue weighted by Crippen LogP contribution is 1.99. The molecule has 0 radical (unpaired) electrons. The molecule has 0 aliphatic carbocycles. The van der Waals surface area contributed by atoms with Crippen LogP contribution in [0.4, 0.5) is 4.39 Å². The molecular weight excluding hydrogens is 159 g/mol. The van der Waals surface area contributed by atoms with Gasteiger partial charge in [-0.25, -0.2) is 4.39 Å². The Kier molecular flexibility index (Phi) is 16.1. The van der Waals surface area contributed by atoms with Gasteiger partial charge in [0.1, 0.15) is 0 Å². The van der Waals surface area contributed by atoms with Gasteiger partial charge in [-0.3, -0.25) is 0 Å². The van der Waals surface area contributed by atoms with Crippen LogP contribution in [0.1, 0.15) is 33.6 Å². The van der Waals surface area contributed by atoms with E-state index >= 15 is 0 Å². The van der Waals surface area contributed by atoms with E-state index in [2.05, 4.69) is 4.74 Å². The summed E-state index contributed by atoms with van der Waals surface area (Å²) in [5, 5.41) is 0. The predicted molar refractivity (Wildman–Crippen MR) is 49.0 cm³/mol. The summed E-state index contributed by atoms with van der Waals surface area (Å²) in [4.78, 5) is 0. The number of ether oxygens (including phenoxy) is 2. The van der Waals surface area contributed by atoms with Gasteiger partial charge in [0.05, 0.1) is 0 Å². The van der Waals surface area contributed by atoms with Crippen LogP contribution >= 0.6 is 0 Å². The van der Waals surface area contributed by atoms with Gasteiger partial charge in [-0.2, -0.15) is 0 Å².